The fourth-order valence-electron chi connectivity index (χ4n) is 2.85. The molecule has 4 heteroatoms. The highest BCUT2D eigenvalue weighted by atomic mass is 127. The van der Waals surface area contributed by atoms with Crippen LogP contribution >= 0.6 is 77.0 Å². The summed E-state index contributed by atoms with van der Waals surface area (Å²) in [6.07, 6.45) is 0. The number of benzene rings is 4. The minimum Gasteiger partial charge on any atom is -0.0532 e. The van der Waals surface area contributed by atoms with Gasteiger partial charge in [0.25, 0.3) is 0 Å². The maximum atomic E-state index is 3.71. The highest BCUT2D eigenvalue weighted by Crippen LogP contribution is 2.43. The molecule has 0 N–H and O–H groups in total. The molecule has 0 radical (unpaired) electrons. The van der Waals surface area contributed by atoms with Crippen molar-refractivity contribution in [1.82, 2.24) is 0 Å². The van der Waals surface area contributed by atoms with Gasteiger partial charge in [-0.3, -0.25) is 0 Å². The lowest BCUT2D eigenvalue weighted by Crippen LogP contribution is -1.90. The average molecular weight is 612 g/mol. The van der Waals surface area contributed by atoms with Crippen molar-refractivity contribution in [3.63, 3.8) is 0 Å². The molecule has 20 heavy (non-hydrogen) atoms. The molecule has 0 saturated heterocycles. The van der Waals surface area contributed by atoms with E-state index in [1.54, 1.807) is 0 Å². The Balaban J connectivity index is 2.50. The molecule has 0 saturated carbocycles. The van der Waals surface area contributed by atoms with E-state index in [1.165, 1.54) is 48.4 Å². The van der Waals surface area contributed by atoms with E-state index in [0.29, 0.717) is 0 Å². The van der Waals surface area contributed by atoms with Crippen molar-refractivity contribution in [2.45, 2.75) is 0 Å². The van der Waals surface area contributed by atoms with Gasteiger partial charge in [-0.2, -0.15) is 0 Å². The Morgan fingerprint density at radius 3 is 1.40 bits per heavy atom. The highest BCUT2D eigenvalue weighted by Gasteiger charge is 2.16. The van der Waals surface area contributed by atoms with Crippen LogP contribution in [-0.4, -0.2) is 0 Å². The van der Waals surface area contributed by atoms with E-state index in [4.69, 9.17) is 0 Å². The second kappa shape index (κ2) is 4.93. The van der Waals surface area contributed by atoms with Crippen LogP contribution in [0.1, 0.15) is 0 Å². The van der Waals surface area contributed by atoms with Crippen molar-refractivity contribution in [3.8, 4) is 0 Å². The molecule has 0 heterocycles. The number of rotatable bonds is 0. The van der Waals surface area contributed by atoms with E-state index in [1.807, 2.05) is 0 Å². The molecule has 0 nitrogen and oxygen atoms in total. The fraction of sp³-hybridized carbons (Fsp3) is 0. The van der Waals surface area contributed by atoms with Crippen LogP contribution in [0, 0.1) is 7.14 Å². The number of hydrogen-bond acceptors (Lipinski definition) is 0. The normalized spacial score (nSPS) is 12.0. The van der Waals surface area contributed by atoms with Gasteiger partial charge in [0.2, 0.25) is 0 Å². The lowest BCUT2D eigenvalue weighted by atomic mass is 9.94. The van der Waals surface area contributed by atoms with Crippen LogP contribution in [0.15, 0.2) is 45.3 Å². The molecule has 0 spiro atoms. The van der Waals surface area contributed by atoms with Crippen molar-refractivity contribution in [3.05, 3.63) is 52.5 Å². The highest BCUT2D eigenvalue weighted by molar-refractivity contribution is 14.1. The second-order valence-corrected chi connectivity index (χ2v) is 8.79. The number of hydrogen-bond donors (Lipinski definition) is 0. The first-order chi connectivity index (χ1) is 9.58. The van der Waals surface area contributed by atoms with Crippen LogP contribution < -0.4 is 0 Å². The molecule has 0 fully saturated rings. The van der Waals surface area contributed by atoms with Gasteiger partial charge in [0, 0.05) is 26.9 Å². The molecule has 0 amide bonds. The molecule has 98 valence electrons. The van der Waals surface area contributed by atoms with Gasteiger partial charge >= 0.3 is 0 Å². The largest absolute Gasteiger partial charge is 0.0532 e. The zero-order valence-corrected chi connectivity index (χ0v) is 17.5. The van der Waals surface area contributed by atoms with Crippen LogP contribution in [0.3, 0.4) is 0 Å². The Hall–Kier alpha value is 0.340. The van der Waals surface area contributed by atoms with Crippen LogP contribution in [0.2, 0.25) is 0 Å². The summed E-state index contributed by atoms with van der Waals surface area (Å²) in [7, 11) is 0. The summed E-state index contributed by atoms with van der Waals surface area (Å²) in [5.74, 6) is 0. The van der Waals surface area contributed by atoms with Gasteiger partial charge < -0.3 is 0 Å². The summed E-state index contributed by atoms with van der Waals surface area (Å²) >= 11 is 12.3. The molecular weight excluding hydrogens is 606 g/mol. The van der Waals surface area contributed by atoms with Crippen LogP contribution in [0.4, 0.5) is 0 Å². The fourth-order valence-corrected chi connectivity index (χ4v) is 6.47. The van der Waals surface area contributed by atoms with Crippen molar-refractivity contribution < 1.29 is 0 Å². The molecule has 4 rings (SSSR count). The molecule has 4 aromatic rings. The zero-order valence-electron chi connectivity index (χ0n) is 9.98. The minimum absolute atomic E-state index is 1.17. The molecule has 0 aliphatic rings. The van der Waals surface area contributed by atoms with Crippen molar-refractivity contribution in [2.75, 3.05) is 0 Å². The summed E-state index contributed by atoms with van der Waals surface area (Å²) < 4.78 is 4.91. The molecule has 0 aromatic heterocycles. The summed E-state index contributed by atoms with van der Waals surface area (Å²) in [5.41, 5.74) is 0. The molecule has 0 aliphatic carbocycles. The van der Waals surface area contributed by atoms with Gasteiger partial charge in [0.15, 0.2) is 0 Å². The Morgan fingerprint density at radius 1 is 0.600 bits per heavy atom. The van der Waals surface area contributed by atoms with Gasteiger partial charge in [-0.25, -0.2) is 0 Å². The third-order valence-electron chi connectivity index (χ3n) is 3.67. The van der Waals surface area contributed by atoms with E-state index in [0.717, 1.165) is 0 Å². The van der Waals surface area contributed by atoms with Crippen LogP contribution in [0.25, 0.3) is 32.3 Å². The first kappa shape index (κ1) is 14.0. The Kier molecular flexibility index (Phi) is 3.44. The van der Waals surface area contributed by atoms with Crippen molar-refractivity contribution >= 4 is 109 Å². The van der Waals surface area contributed by atoms with Gasteiger partial charge in [-0.15, -0.1) is 0 Å². The van der Waals surface area contributed by atoms with Gasteiger partial charge in [0.1, 0.15) is 0 Å². The molecular formula is C16H6Br2I2. The predicted octanol–water partition coefficient (Wildman–Crippen LogP) is 7.32. The zero-order chi connectivity index (χ0) is 14.0. The van der Waals surface area contributed by atoms with Crippen LogP contribution in [-0.2, 0) is 0 Å². The summed E-state index contributed by atoms with van der Waals surface area (Å²) in [4.78, 5) is 0. The van der Waals surface area contributed by atoms with Gasteiger partial charge in [0.05, 0.1) is 0 Å². The maximum Gasteiger partial charge on any atom is 0.0265 e. The molecule has 0 atom stereocenters. The van der Waals surface area contributed by atoms with E-state index in [9.17, 15) is 0 Å². The second-order valence-electron chi connectivity index (χ2n) is 4.76. The lowest BCUT2D eigenvalue weighted by molar-refractivity contribution is 1.68. The van der Waals surface area contributed by atoms with E-state index < -0.39 is 0 Å². The summed E-state index contributed by atoms with van der Waals surface area (Å²) in [6.45, 7) is 0. The Morgan fingerprint density at radius 2 is 1.00 bits per heavy atom. The predicted molar refractivity (Wildman–Crippen MR) is 111 cm³/mol. The van der Waals surface area contributed by atoms with Crippen molar-refractivity contribution in [2.24, 2.45) is 0 Å². The molecule has 0 aliphatic heterocycles. The Bertz CT molecular complexity index is 911. The van der Waals surface area contributed by atoms with E-state index in [2.05, 4.69) is 113 Å². The molecule has 4 aromatic carbocycles. The lowest BCUT2D eigenvalue weighted by Gasteiger charge is -2.15. The standard InChI is InChI=1S/C16H6Br2I2/c17-9-3-1-7-5-11(19)16-10(18)4-2-8-6-12(20)15(9)13(7)14(8)16/h1-6H. The van der Waals surface area contributed by atoms with E-state index in [-0.39, 0.29) is 0 Å². The average Bonchev–Trinajstić information content (AvgIpc) is 2.41. The van der Waals surface area contributed by atoms with Crippen molar-refractivity contribution in [1.29, 1.82) is 0 Å². The van der Waals surface area contributed by atoms with E-state index >= 15 is 0 Å². The third kappa shape index (κ3) is 1.87. The van der Waals surface area contributed by atoms with Gasteiger partial charge in [-0.1, -0.05) is 44.0 Å². The number of halogens is 4. The first-order valence-electron chi connectivity index (χ1n) is 5.98. The van der Waals surface area contributed by atoms with Crippen LogP contribution in [0.5, 0.6) is 0 Å². The van der Waals surface area contributed by atoms with Gasteiger partial charge in [-0.05, 0) is 91.0 Å². The molecule has 0 bridgehead atoms. The SMILES string of the molecule is Brc1ccc2cc(I)c3c(Br)ccc4cc(I)c1c2c43. The third-order valence-corrected chi connectivity index (χ3v) is 6.69. The smallest absolute Gasteiger partial charge is 0.0265 e. The first-order valence-corrected chi connectivity index (χ1v) is 9.73. The molecule has 0 unspecified atom stereocenters. The summed E-state index contributed by atoms with van der Waals surface area (Å²) in [6, 6.07) is 13.2. The topological polar surface area (TPSA) is 0 Å². The maximum absolute atomic E-state index is 3.71. The summed E-state index contributed by atoms with van der Waals surface area (Å²) in [5, 5.41) is 7.96. The monoisotopic (exact) mass is 610 g/mol. The minimum atomic E-state index is 1.17. The Labute approximate surface area is 160 Å². The quantitative estimate of drug-likeness (QED) is 0.144.